The zero-order valence-corrected chi connectivity index (χ0v) is 16.0. The van der Waals surface area contributed by atoms with Crippen molar-refractivity contribution in [3.63, 3.8) is 0 Å². The standard InChI is InChI=1S/C19H11Cl2N3O2S/c20-13-4-3-12(8-14(13)21)24-16(17-5-6-18(27-17)19(25)26)9-15(23-24)11-2-1-7-22-10-11/h1-10H,(H,25,26). The number of pyridine rings is 1. The lowest BCUT2D eigenvalue weighted by Crippen LogP contribution is -1.98. The lowest BCUT2D eigenvalue weighted by atomic mass is 10.2. The van der Waals surface area contributed by atoms with Gasteiger partial charge in [-0.1, -0.05) is 23.2 Å². The fraction of sp³-hybridized carbons (Fsp3) is 0. The molecule has 0 amide bonds. The van der Waals surface area contributed by atoms with Crippen molar-refractivity contribution in [3.8, 4) is 27.5 Å². The summed E-state index contributed by atoms with van der Waals surface area (Å²) in [7, 11) is 0. The van der Waals surface area contributed by atoms with Crippen LogP contribution in [0.1, 0.15) is 9.67 Å². The van der Waals surface area contributed by atoms with Crippen LogP contribution in [0.4, 0.5) is 0 Å². The molecule has 0 aliphatic rings. The molecule has 1 aromatic carbocycles. The Morgan fingerprint density at radius 1 is 1.07 bits per heavy atom. The molecule has 0 atom stereocenters. The Balaban J connectivity index is 1.90. The van der Waals surface area contributed by atoms with Crippen molar-refractivity contribution in [2.75, 3.05) is 0 Å². The van der Waals surface area contributed by atoms with Gasteiger partial charge >= 0.3 is 5.97 Å². The first kappa shape index (κ1) is 17.7. The quantitative estimate of drug-likeness (QED) is 0.466. The molecule has 0 saturated carbocycles. The number of hydrogen-bond donors (Lipinski definition) is 1. The van der Waals surface area contributed by atoms with Crippen molar-refractivity contribution in [3.05, 3.63) is 75.8 Å². The number of carboxylic acids is 1. The van der Waals surface area contributed by atoms with Crippen LogP contribution in [0, 0.1) is 0 Å². The summed E-state index contributed by atoms with van der Waals surface area (Å²) in [6.07, 6.45) is 3.42. The first-order valence-electron chi connectivity index (χ1n) is 7.82. The number of thiophene rings is 1. The number of carboxylic acid groups (broad SMARTS) is 1. The van der Waals surface area contributed by atoms with Crippen LogP contribution in [0.15, 0.2) is 60.9 Å². The van der Waals surface area contributed by atoms with Crippen LogP contribution in [-0.4, -0.2) is 25.8 Å². The second-order valence-electron chi connectivity index (χ2n) is 5.64. The minimum Gasteiger partial charge on any atom is -0.477 e. The number of aromatic nitrogens is 3. The van der Waals surface area contributed by atoms with E-state index in [-0.39, 0.29) is 4.88 Å². The number of hydrogen-bond acceptors (Lipinski definition) is 4. The molecule has 1 N–H and O–H groups in total. The van der Waals surface area contributed by atoms with Gasteiger partial charge in [0.15, 0.2) is 0 Å². The fourth-order valence-corrected chi connectivity index (χ4v) is 3.75. The van der Waals surface area contributed by atoms with E-state index in [9.17, 15) is 9.90 Å². The van der Waals surface area contributed by atoms with Crippen LogP contribution in [0.25, 0.3) is 27.5 Å². The SMILES string of the molecule is O=C(O)c1ccc(-c2cc(-c3cccnc3)nn2-c2ccc(Cl)c(Cl)c2)s1. The van der Waals surface area contributed by atoms with E-state index in [0.717, 1.165) is 27.5 Å². The van der Waals surface area contributed by atoms with Gasteiger partial charge in [0.1, 0.15) is 4.88 Å². The molecule has 0 spiro atoms. The normalized spacial score (nSPS) is 10.9. The smallest absolute Gasteiger partial charge is 0.345 e. The van der Waals surface area contributed by atoms with E-state index < -0.39 is 5.97 Å². The highest BCUT2D eigenvalue weighted by molar-refractivity contribution is 7.17. The third kappa shape index (κ3) is 3.47. The lowest BCUT2D eigenvalue weighted by Gasteiger charge is -2.07. The Morgan fingerprint density at radius 3 is 2.59 bits per heavy atom. The fourth-order valence-electron chi connectivity index (χ4n) is 2.62. The van der Waals surface area contributed by atoms with Crippen LogP contribution in [0.2, 0.25) is 10.0 Å². The van der Waals surface area contributed by atoms with E-state index in [2.05, 4.69) is 10.1 Å². The lowest BCUT2D eigenvalue weighted by molar-refractivity contribution is 0.0702. The molecule has 0 saturated heterocycles. The van der Waals surface area contributed by atoms with E-state index in [0.29, 0.717) is 10.0 Å². The summed E-state index contributed by atoms with van der Waals surface area (Å²) < 4.78 is 1.72. The van der Waals surface area contributed by atoms with Crippen molar-refractivity contribution in [2.24, 2.45) is 0 Å². The molecule has 0 radical (unpaired) electrons. The summed E-state index contributed by atoms with van der Waals surface area (Å²) in [5.74, 6) is -0.959. The Hall–Kier alpha value is -2.67. The van der Waals surface area contributed by atoms with Gasteiger partial charge in [-0.2, -0.15) is 5.10 Å². The molecule has 0 aliphatic heterocycles. The highest BCUT2D eigenvalue weighted by Gasteiger charge is 2.17. The number of benzene rings is 1. The third-order valence-corrected chi connectivity index (χ3v) is 5.72. The van der Waals surface area contributed by atoms with Gasteiger partial charge in [-0.15, -0.1) is 11.3 Å². The van der Waals surface area contributed by atoms with E-state index in [1.807, 2.05) is 24.3 Å². The third-order valence-electron chi connectivity index (χ3n) is 3.88. The summed E-state index contributed by atoms with van der Waals surface area (Å²) in [4.78, 5) is 16.4. The van der Waals surface area contributed by atoms with Crippen LogP contribution in [0.5, 0.6) is 0 Å². The van der Waals surface area contributed by atoms with Gasteiger partial charge in [-0.25, -0.2) is 9.48 Å². The van der Waals surface area contributed by atoms with Crippen molar-refractivity contribution in [2.45, 2.75) is 0 Å². The summed E-state index contributed by atoms with van der Waals surface area (Å²) in [5.41, 5.74) is 3.05. The maximum absolute atomic E-state index is 11.3. The molecule has 27 heavy (non-hydrogen) atoms. The van der Waals surface area contributed by atoms with E-state index in [1.54, 1.807) is 41.3 Å². The molecule has 0 unspecified atom stereocenters. The van der Waals surface area contributed by atoms with Gasteiger partial charge in [0.2, 0.25) is 0 Å². The van der Waals surface area contributed by atoms with E-state index in [4.69, 9.17) is 23.2 Å². The average molecular weight is 416 g/mol. The molecule has 0 aliphatic carbocycles. The Morgan fingerprint density at radius 2 is 1.93 bits per heavy atom. The van der Waals surface area contributed by atoms with Gasteiger partial charge in [-0.05, 0) is 48.5 Å². The number of carbonyl (C=O) groups is 1. The summed E-state index contributed by atoms with van der Waals surface area (Å²) >= 11 is 13.4. The highest BCUT2D eigenvalue weighted by Crippen LogP contribution is 2.34. The monoisotopic (exact) mass is 415 g/mol. The number of rotatable bonds is 4. The zero-order valence-electron chi connectivity index (χ0n) is 13.6. The summed E-state index contributed by atoms with van der Waals surface area (Å²) in [6.45, 7) is 0. The molecule has 0 fully saturated rings. The van der Waals surface area contributed by atoms with Gasteiger partial charge < -0.3 is 5.11 Å². The van der Waals surface area contributed by atoms with Gasteiger partial charge in [-0.3, -0.25) is 4.98 Å². The molecule has 3 heterocycles. The minimum absolute atomic E-state index is 0.259. The van der Waals surface area contributed by atoms with Crippen LogP contribution in [-0.2, 0) is 0 Å². The summed E-state index contributed by atoms with van der Waals surface area (Å²) in [5, 5.41) is 14.8. The Kier molecular flexibility index (Phi) is 4.70. The largest absolute Gasteiger partial charge is 0.477 e. The topological polar surface area (TPSA) is 68.0 Å². The highest BCUT2D eigenvalue weighted by atomic mass is 35.5. The molecule has 5 nitrogen and oxygen atoms in total. The number of aromatic carboxylic acids is 1. The maximum atomic E-state index is 11.3. The molecule has 4 aromatic rings. The van der Waals surface area contributed by atoms with Crippen molar-refractivity contribution in [1.82, 2.24) is 14.8 Å². The minimum atomic E-state index is -0.959. The molecule has 8 heteroatoms. The Bertz CT molecular complexity index is 1140. The second kappa shape index (κ2) is 7.15. The number of nitrogens with zero attached hydrogens (tertiary/aromatic N) is 3. The van der Waals surface area contributed by atoms with Crippen LogP contribution >= 0.6 is 34.5 Å². The second-order valence-corrected chi connectivity index (χ2v) is 7.53. The van der Waals surface area contributed by atoms with Gasteiger partial charge in [0.25, 0.3) is 0 Å². The first-order valence-corrected chi connectivity index (χ1v) is 9.39. The molecular weight excluding hydrogens is 405 g/mol. The molecule has 0 bridgehead atoms. The van der Waals surface area contributed by atoms with Gasteiger partial charge in [0, 0.05) is 18.0 Å². The molecule has 4 rings (SSSR count). The molecular formula is C19H11Cl2N3O2S. The first-order chi connectivity index (χ1) is 13.0. The Labute approximate surface area is 168 Å². The van der Waals surface area contributed by atoms with Crippen molar-refractivity contribution >= 4 is 40.5 Å². The summed E-state index contributed by atoms with van der Waals surface area (Å²) in [6, 6.07) is 14.2. The predicted molar refractivity (Wildman–Crippen MR) is 107 cm³/mol. The van der Waals surface area contributed by atoms with Crippen molar-refractivity contribution in [1.29, 1.82) is 0 Å². The zero-order chi connectivity index (χ0) is 19.0. The van der Waals surface area contributed by atoms with Crippen LogP contribution < -0.4 is 0 Å². The van der Waals surface area contributed by atoms with Crippen LogP contribution in [0.3, 0.4) is 0 Å². The molecule has 134 valence electrons. The molecule has 3 aromatic heterocycles. The van der Waals surface area contributed by atoms with Gasteiger partial charge in [0.05, 0.1) is 32.0 Å². The van der Waals surface area contributed by atoms with E-state index >= 15 is 0 Å². The number of halogens is 2. The average Bonchev–Trinajstić information content (AvgIpc) is 3.32. The van der Waals surface area contributed by atoms with Crippen molar-refractivity contribution < 1.29 is 9.90 Å². The maximum Gasteiger partial charge on any atom is 0.345 e. The van der Waals surface area contributed by atoms with E-state index in [1.165, 1.54) is 11.3 Å². The predicted octanol–water partition coefficient (Wildman–Crippen LogP) is 5.67.